The first kappa shape index (κ1) is 13.5. The van der Waals surface area contributed by atoms with Crippen LogP contribution in [-0.2, 0) is 22.9 Å². The van der Waals surface area contributed by atoms with E-state index in [1.807, 2.05) is 0 Å². The predicted molar refractivity (Wildman–Crippen MR) is 67.3 cm³/mol. The highest BCUT2D eigenvalue weighted by atomic mass is 16.5. The minimum absolute atomic E-state index is 0.373. The van der Waals surface area contributed by atoms with E-state index in [0.717, 1.165) is 0 Å². The first-order chi connectivity index (χ1) is 9.22. The van der Waals surface area contributed by atoms with Crippen molar-refractivity contribution in [3.8, 4) is 11.5 Å². The van der Waals surface area contributed by atoms with Crippen LogP contribution in [0.15, 0.2) is 10.7 Å². The zero-order valence-electron chi connectivity index (χ0n) is 11.0. The van der Waals surface area contributed by atoms with Gasteiger partial charge in [0, 0.05) is 20.6 Å². The van der Waals surface area contributed by atoms with Gasteiger partial charge in [-0.05, 0) is 0 Å². The van der Waals surface area contributed by atoms with E-state index in [9.17, 15) is 0 Å². The number of hydrogen-bond donors (Lipinski definition) is 1. The Hall–Kier alpha value is -1.93. The minimum Gasteiger partial charge on any atom is -0.383 e. The van der Waals surface area contributed by atoms with E-state index in [-0.39, 0.29) is 0 Å². The van der Waals surface area contributed by atoms with Gasteiger partial charge < -0.3 is 19.7 Å². The van der Waals surface area contributed by atoms with E-state index in [2.05, 4.69) is 15.2 Å². The molecule has 0 aliphatic heterocycles. The summed E-state index contributed by atoms with van der Waals surface area (Å²) in [5.74, 6) is 1.44. The standard InChI is InChI=1S/C11H17N5O3/c1-16-10(12)8(7-13-16)11-14-9(15-19-11)3-4-18-6-5-17-2/h7H,3-6,12H2,1-2H3. The Morgan fingerprint density at radius 3 is 2.89 bits per heavy atom. The molecule has 2 aromatic rings. The van der Waals surface area contributed by atoms with Crippen molar-refractivity contribution in [1.82, 2.24) is 19.9 Å². The minimum atomic E-state index is 0.373. The second kappa shape index (κ2) is 6.30. The van der Waals surface area contributed by atoms with E-state index in [4.69, 9.17) is 19.7 Å². The molecule has 0 radical (unpaired) electrons. The lowest BCUT2D eigenvalue weighted by atomic mass is 10.3. The number of nitrogen functional groups attached to an aromatic ring is 1. The lowest BCUT2D eigenvalue weighted by Gasteiger charge is -1.99. The molecule has 0 spiro atoms. The summed E-state index contributed by atoms with van der Waals surface area (Å²) in [6.07, 6.45) is 2.18. The third-order valence-electron chi connectivity index (χ3n) is 2.58. The second-order valence-corrected chi connectivity index (χ2v) is 3.94. The fraction of sp³-hybridized carbons (Fsp3) is 0.545. The quantitative estimate of drug-likeness (QED) is 0.718. The fourth-order valence-electron chi connectivity index (χ4n) is 1.48. The Morgan fingerprint density at radius 2 is 2.21 bits per heavy atom. The number of nitrogens with zero attached hydrogens (tertiary/aromatic N) is 4. The molecule has 0 saturated carbocycles. The summed E-state index contributed by atoms with van der Waals surface area (Å²) in [6.45, 7) is 1.64. The van der Waals surface area contributed by atoms with Gasteiger partial charge in [0.25, 0.3) is 5.89 Å². The van der Waals surface area contributed by atoms with Crippen molar-refractivity contribution in [1.29, 1.82) is 0 Å². The Morgan fingerprint density at radius 1 is 1.37 bits per heavy atom. The van der Waals surface area contributed by atoms with Crippen LogP contribution in [0.1, 0.15) is 5.82 Å². The molecule has 0 saturated heterocycles. The van der Waals surface area contributed by atoms with Crippen molar-refractivity contribution < 1.29 is 14.0 Å². The maximum Gasteiger partial charge on any atom is 0.263 e. The molecule has 0 aliphatic carbocycles. The van der Waals surface area contributed by atoms with Crippen molar-refractivity contribution in [2.75, 3.05) is 32.7 Å². The van der Waals surface area contributed by atoms with Crippen LogP contribution in [0.2, 0.25) is 0 Å². The Balaban J connectivity index is 1.90. The van der Waals surface area contributed by atoms with Crippen molar-refractivity contribution in [3.05, 3.63) is 12.0 Å². The molecule has 104 valence electrons. The number of hydrogen-bond acceptors (Lipinski definition) is 7. The number of aryl methyl sites for hydroxylation is 1. The molecular formula is C11H17N5O3. The van der Waals surface area contributed by atoms with Crippen LogP contribution in [0, 0.1) is 0 Å². The largest absolute Gasteiger partial charge is 0.383 e. The second-order valence-electron chi connectivity index (χ2n) is 3.94. The van der Waals surface area contributed by atoms with Crippen LogP contribution in [-0.4, -0.2) is 46.9 Å². The molecule has 0 fully saturated rings. The van der Waals surface area contributed by atoms with E-state index >= 15 is 0 Å². The summed E-state index contributed by atoms with van der Waals surface area (Å²) in [6, 6.07) is 0. The molecule has 19 heavy (non-hydrogen) atoms. The highest BCUT2D eigenvalue weighted by molar-refractivity contribution is 5.66. The van der Waals surface area contributed by atoms with Crippen LogP contribution in [0.3, 0.4) is 0 Å². The summed E-state index contributed by atoms with van der Waals surface area (Å²) < 4.78 is 16.9. The van der Waals surface area contributed by atoms with Gasteiger partial charge in [-0.15, -0.1) is 0 Å². The lowest BCUT2D eigenvalue weighted by molar-refractivity contribution is 0.0714. The summed E-state index contributed by atoms with van der Waals surface area (Å²) in [5.41, 5.74) is 6.47. The van der Waals surface area contributed by atoms with Crippen molar-refractivity contribution in [2.24, 2.45) is 7.05 Å². The highest BCUT2D eigenvalue weighted by Gasteiger charge is 2.14. The van der Waals surface area contributed by atoms with Gasteiger partial charge in [-0.2, -0.15) is 10.1 Å². The van der Waals surface area contributed by atoms with Crippen LogP contribution >= 0.6 is 0 Å². The van der Waals surface area contributed by atoms with Crippen LogP contribution in [0.5, 0.6) is 0 Å². The molecule has 0 aliphatic rings. The number of aromatic nitrogens is 4. The van der Waals surface area contributed by atoms with Crippen LogP contribution in [0.4, 0.5) is 5.82 Å². The molecule has 0 bridgehead atoms. The monoisotopic (exact) mass is 267 g/mol. The molecule has 8 heteroatoms. The summed E-state index contributed by atoms with van der Waals surface area (Å²) in [4.78, 5) is 4.25. The van der Waals surface area contributed by atoms with Gasteiger partial charge >= 0.3 is 0 Å². The lowest BCUT2D eigenvalue weighted by Crippen LogP contribution is -2.05. The fourth-order valence-corrected chi connectivity index (χ4v) is 1.48. The molecule has 8 nitrogen and oxygen atoms in total. The Kier molecular flexibility index (Phi) is 4.48. The third-order valence-corrected chi connectivity index (χ3v) is 2.58. The normalized spacial score (nSPS) is 11.1. The van der Waals surface area contributed by atoms with Gasteiger partial charge in [-0.3, -0.25) is 4.68 Å². The molecule has 2 aromatic heterocycles. The molecule has 0 aromatic carbocycles. The first-order valence-electron chi connectivity index (χ1n) is 5.89. The molecule has 2 N–H and O–H groups in total. The number of anilines is 1. The Bertz CT molecular complexity index is 522. The van der Waals surface area contributed by atoms with Gasteiger partial charge in [0.2, 0.25) is 0 Å². The topological polar surface area (TPSA) is 101 Å². The van der Waals surface area contributed by atoms with Crippen LogP contribution < -0.4 is 5.73 Å². The van der Waals surface area contributed by atoms with Crippen molar-refractivity contribution in [3.63, 3.8) is 0 Å². The van der Waals surface area contributed by atoms with Gasteiger partial charge in [0.1, 0.15) is 11.4 Å². The highest BCUT2D eigenvalue weighted by Crippen LogP contribution is 2.22. The Labute approximate surface area is 110 Å². The van der Waals surface area contributed by atoms with E-state index in [1.54, 1.807) is 25.0 Å². The smallest absolute Gasteiger partial charge is 0.263 e. The number of ether oxygens (including phenoxy) is 2. The molecule has 0 unspecified atom stereocenters. The molecule has 0 amide bonds. The predicted octanol–water partition coefficient (Wildman–Crippen LogP) is 0.258. The van der Waals surface area contributed by atoms with E-state index in [1.165, 1.54) is 0 Å². The number of rotatable bonds is 7. The maximum atomic E-state index is 5.83. The van der Waals surface area contributed by atoms with Crippen LogP contribution in [0.25, 0.3) is 11.5 Å². The molecule has 2 rings (SSSR count). The SMILES string of the molecule is COCCOCCc1noc(-c2cnn(C)c2N)n1. The summed E-state index contributed by atoms with van der Waals surface area (Å²) in [5, 5.41) is 7.89. The molecular weight excluding hydrogens is 250 g/mol. The summed E-state index contributed by atoms with van der Waals surface area (Å²) >= 11 is 0. The number of methoxy groups -OCH3 is 1. The van der Waals surface area contributed by atoms with E-state index in [0.29, 0.717) is 49.3 Å². The zero-order chi connectivity index (χ0) is 13.7. The number of nitrogens with two attached hydrogens (primary N) is 1. The molecule has 0 atom stereocenters. The van der Waals surface area contributed by atoms with Crippen molar-refractivity contribution in [2.45, 2.75) is 6.42 Å². The van der Waals surface area contributed by atoms with Gasteiger partial charge in [0.05, 0.1) is 26.0 Å². The maximum absolute atomic E-state index is 5.83. The van der Waals surface area contributed by atoms with Gasteiger partial charge in [-0.1, -0.05) is 5.16 Å². The average molecular weight is 267 g/mol. The average Bonchev–Trinajstić information content (AvgIpc) is 2.98. The summed E-state index contributed by atoms with van der Waals surface area (Å²) in [7, 11) is 3.38. The van der Waals surface area contributed by atoms with E-state index < -0.39 is 0 Å². The zero-order valence-corrected chi connectivity index (χ0v) is 11.0. The molecule has 2 heterocycles. The third kappa shape index (κ3) is 3.30. The van der Waals surface area contributed by atoms with Crippen molar-refractivity contribution >= 4 is 5.82 Å². The van der Waals surface area contributed by atoms with Gasteiger partial charge in [-0.25, -0.2) is 0 Å². The van der Waals surface area contributed by atoms with Gasteiger partial charge in [0.15, 0.2) is 5.82 Å². The first-order valence-corrected chi connectivity index (χ1v) is 5.89.